The highest BCUT2D eigenvalue weighted by Crippen LogP contribution is 2.42. The van der Waals surface area contributed by atoms with Gasteiger partial charge < -0.3 is 14.0 Å². The number of fused-ring (bicyclic) bond motifs is 5. The van der Waals surface area contributed by atoms with Crippen LogP contribution in [0.5, 0.6) is 0 Å². The van der Waals surface area contributed by atoms with Crippen LogP contribution in [0, 0.1) is 0 Å². The lowest BCUT2D eigenvalue weighted by Gasteiger charge is -2.35. The number of pyridine rings is 2. The smallest absolute Gasteiger partial charge is 0.355 e. The number of ether oxygens (including phenoxy) is 2. The molecule has 2 aliphatic rings. The normalized spacial score (nSPS) is 17.2. The maximum absolute atomic E-state index is 13.8. The second-order valence-corrected chi connectivity index (χ2v) is 10.1. The molecule has 0 spiro atoms. The number of aromatic nitrogens is 4. The molecule has 4 aromatic rings. The lowest BCUT2D eigenvalue weighted by molar-refractivity contribution is -0.190. The number of aromatic amines is 1. The van der Waals surface area contributed by atoms with Crippen LogP contribution in [0.2, 0.25) is 5.02 Å². The monoisotopic (exact) mass is 562 g/mol. The van der Waals surface area contributed by atoms with Crippen molar-refractivity contribution in [3.8, 4) is 11.4 Å². The van der Waals surface area contributed by atoms with Gasteiger partial charge in [0.1, 0.15) is 18.2 Å². The number of para-hydroxylation sites is 1. The Hall–Kier alpha value is -4.51. The third-order valence-electron chi connectivity index (χ3n) is 7.59. The molecule has 0 aliphatic carbocycles. The van der Waals surface area contributed by atoms with E-state index in [0.29, 0.717) is 17.9 Å². The summed E-state index contributed by atoms with van der Waals surface area (Å²) in [5.74, 6) is -1.79. The Labute approximate surface area is 231 Å². The Balaban J connectivity index is 1.48. The van der Waals surface area contributed by atoms with Crippen LogP contribution in [0.15, 0.2) is 50.9 Å². The number of esters is 2. The van der Waals surface area contributed by atoms with Gasteiger partial charge in [-0.2, -0.15) is 0 Å². The molecule has 11 nitrogen and oxygen atoms in total. The third-order valence-corrected chi connectivity index (χ3v) is 7.86. The van der Waals surface area contributed by atoms with E-state index in [9.17, 15) is 24.0 Å². The Bertz CT molecular complexity index is 1940. The van der Waals surface area contributed by atoms with Gasteiger partial charge in [0.15, 0.2) is 0 Å². The lowest BCUT2D eigenvalue weighted by Crippen LogP contribution is -2.48. The summed E-state index contributed by atoms with van der Waals surface area (Å²) in [6.07, 6.45) is 1.71. The van der Waals surface area contributed by atoms with Crippen LogP contribution in [-0.2, 0) is 50.8 Å². The van der Waals surface area contributed by atoms with Crippen molar-refractivity contribution in [1.82, 2.24) is 19.1 Å². The van der Waals surface area contributed by atoms with Crippen molar-refractivity contribution < 1.29 is 19.1 Å². The number of H-pyrrole nitrogens is 1. The summed E-state index contributed by atoms with van der Waals surface area (Å²) in [5.41, 5.74) is 0.439. The van der Waals surface area contributed by atoms with E-state index < -0.39 is 35.3 Å². The molecule has 0 saturated carbocycles. The molecule has 0 unspecified atom stereocenters. The summed E-state index contributed by atoms with van der Waals surface area (Å²) >= 11 is 5.80. The summed E-state index contributed by atoms with van der Waals surface area (Å²) in [7, 11) is 0. The van der Waals surface area contributed by atoms with Gasteiger partial charge in [0.05, 0.1) is 29.0 Å². The molecule has 5 heterocycles. The maximum Gasteiger partial charge on any atom is 0.355 e. The van der Waals surface area contributed by atoms with Crippen LogP contribution in [0.4, 0.5) is 0 Å². The Morgan fingerprint density at radius 2 is 1.95 bits per heavy atom. The van der Waals surface area contributed by atoms with Gasteiger partial charge in [0.2, 0.25) is 5.60 Å². The number of benzene rings is 1. The number of aryl methyl sites for hydroxylation is 1. The van der Waals surface area contributed by atoms with Gasteiger partial charge in [0.25, 0.3) is 11.1 Å². The predicted molar refractivity (Wildman–Crippen MR) is 144 cm³/mol. The van der Waals surface area contributed by atoms with E-state index in [-0.39, 0.29) is 34.7 Å². The first-order valence-corrected chi connectivity index (χ1v) is 13.1. The Morgan fingerprint density at radius 3 is 2.70 bits per heavy atom. The number of halogens is 1. The van der Waals surface area contributed by atoms with Crippen molar-refractivity contribution in [2.45, 2.75) is 52.0 Å². The average Bonchev–Trinajstić information content (AvgIpc) is 3.30. The van der Waals surface area contributed by atoms with Crippen LogP contribution < -0.4 is 16.8 Å². The summed E-state index contributed by atoms with van der Waals surface area (Å²) in [5, 5.41) is 0.719. The topological polar surface area (TPSA) is 142 Å². The summed E-state index contributed by atoms with van der Waals surface area (Å²) in [6.45, 7) is 3.09. The highest BCUT2D eigenvalue weighted by Gasteiger charge is 2.50. The molecular weight excluding hydrogens is 540 g/mol. The van der Waals surface area contributed by atoms with Crippen LogP contribution in [0.3, 0.4) is 0 Å². The molecule has 0 amide bonds. The van der Waals surface area contributed by atoms with E-state index in [2.05, 4.69) is 0 Å². The maximum atomic E-state index is 13.8. The van der Waals surface area contributed by atoms with E-state index in [0.717, 1.165) is 39.2 Å². The zero-order chi connectivity index (χ0) is 28.3. The minimum atomic E-state index is -1.93. The van der Waals surface area contributed by atoms with Crippen LogP contribution in [0.25, 0.3) is 22.3 Å². The summed E-state index contributed by atoms with van der Waals surface area (Å²) < 4.78 is 13.6. The van der Waals surface area contributed by atoms with Crippen molar-refractivity contribution in [1.29, 1.82) is 0 Å². The first kappa shape index (κ1) is 25.8. The standard InChI is InChI=1S/C28H23ClN4O7/c1-3-14-15-7-5-6-8-20(15)30-23-16(14)10-33-21(23)9-18-17(25(33)36)13-39-26(37)28(18,4-2)40-22(34)12-32-11-19(29)24(35)31-27(32)38/h5-9,11H,3-4,10,12-13H2,1-2H3,(H,31,35,38)/t28-/m0/s1. The molecule has 1 aromatic carbocycles. The van der Waals surface area contributed by atoms with E-state index in [1.165, 1.54) is 0 Å². The highest BCUT2D eigenvalue weighted by molar-refractivity contribution is 6.30. The van der Waals surface area contributed by atoms with E-state index >= 15 is 0 Å². The number of hydrogen-bond acceptors (Lipinski definition) is 8. The molecule has 2 aliphatic heterocycles. The highest BCUT2D eigenvalue weighted by atomic mass is 35.5. The summed E-state index contributed by atoms with van der Waals surface area (Å²) in [4.78, 5) is 70.7. The molecule has 3 aromatic heterocycles. The quantitative estimate of drug-likeness (QED) is 0.322. The van der Waals surface area contributed by atoms with E-state index in [1.54, 1.807) is 17.6 Å². The zero-order valence-corrected chi connectivity index (χ0v) is 22.3. The number of cyclic esters (lactones) is 1. The van der Waals surface area contributed by atoms with Gasteiger partial charge in [-0.1, -0.05) is 43.6 Å². The van der Waals surface area contributed by atoms with E-state index in [1.807, 2.05) is 36.2 Å². The minimum absolute atomic E-state index is 0.0348. The van der Waals surface area contributed by atoms with Gasteiger partial charge in [0, 0.05) is 22.7 Å². The van der Waals surface area contributed by atoms with Gasteiger partial charge in [-0.15, -0.1) is 0 Å². The Morgan fingerprint density at radius 1 is 1.18 bits per heavy atom. The molecule has 40 heavy (non-hydrogen) atoms. The minimum Gasteiger partial charge on any atom is -0.457 e. The number of nitrogens with one attached hydrogen (secondary N) is 1. The van der Waals surface area contributed by atoms with Gasteiger partial charge in [-0.25, -0.2) is 14.6 Å². The number of carbonyl (C=O) groups is 2. The van der Waals surface area contributed by atoms with Gasteiger partial charge >= 0.3 is 17.6 Å². The second-order valence-electron chi connectivity index (χ2n) is 9.70. The SMILES string of the molecule is CCc1c2c(nc3ccccc13)-c1cc3c(c(=O)n1C2)COC(=O)[C@@]3(CC)OC(=O)Cn1cc(Cl)c(=O)[nH]c1=O. The van der Waals surface area contributed by atoms with Crippen LogP contribution >= 0.6 is 11.6 Å². The molecule has 6 rings (SSSR count). The van der Waals surface area contributed by atoms with Crippen molar-refractivity contribution in [2.24, 2.45) is 0 Å². The second kappa shape index (κ2) is 9.30. The Kier molecular flexibility index (Phi) is 5.99. The molecule has 1 N–H and O–H groups in total. The van der Waals surface area contributed by atoms with Crippen LogP contribution in [0.1, 0.15) is 42.5 Å². The molecule has 0 fully saturated rings. The fraction of sp³-hybridized carbons (Fsp3) is 0.286. The fourth-order valence-corrected chi connectivity index (χ4v) is 5.80. The summed E-state index contributed by atoms with van der Waals surface area (Å²) in [6, 6.07) is 9.45. The fourth-order valence-electron chi connectivity index (χ4n) is 5.64. The largest absolute Gasteiger partial charge is 0.457 e. The first-order chi connectivity index (χ1) is 19.2. The predicted octanol–water partition coefficient (Wildman–Crippen LogP) is 2.40. The van der Waals surface area contributed by atoms with Crippen molar-refractivity contribution in [3.05, 3.63) is 95.0 Å². The molecular formula is C28H23ClN4O7. The van der Waals surface area contributed by atoms with Gasteiger partial charge in [-0.3, -0.25) is 23.9 Å². The van der Waals surface area contributed by atoms with Crippen LogP contribution in [-0.4, -0.2) is 31.0 Å². The molecule has 0 bridgehead atoms. The number of hydrogen-bond donors (Lipinski definition) is 1. The lowest BCUT2D eigenvalue weighted by atomic mass is 9.85. The van der Waals surface area contributed by atoms with E-state index in [4.69, 9.17) is 26.1 Å². The average molecular weight is 563 g/mol. The molecule has 1 atom stereocenters. The molecule has 12 heteroatoms. The van der Waals surface area contributed by atoms with Crippen molar-refractivity contribution in [2.75, 3.05) is 0 Å². The third kappa shape index (κ3) is 3.72. The number of rotatable bonds is 5. The van der Waals surface area contributed by atoms with Crippen molar-refractivity contribution >= 4 is 34.4 Å². The molecule has 204 valence electrons. The zero-order valence-electron chi connectivity index (χ0n) is 21.6. The number of nitrogens with zero attached hydrogens (tertiary/aromatic N) is 3. The van der Waals surface area contributed by atoms with Crippen molar-refractivity contribution in [3.63, 3.8) is 0 Å². The molecule has 0 saturated heterocycles. The number of carbonyl (C=O) groups excluding carboxylic acids is 2. The molecule has 0 radical (unpaired) electrons. The van der Waals surface area contributed by atoms with Gasteiger partial charge in [-0.05, 0) is 30.5 Å². The first-order valence-electron chi connectivity index (χ1n) is 12.7.